The van der Waals surface area contributed by atoms with Crippen LogP contribution in [0.15, 0.2) is 36.4 Å². The van der Waals surface area contributed by atoms with Gasteiger partial charge in [0.2, 0.25) is 0 Å². The molecule has 2 aliphatic rings. The zero-order valence-corrected chi connectivity index (χ0v) is 11.7. The Morgan fingerprint density at radius 3 is 2.57 bits per heavy atom. The van der Waals surface area contributed by atoms with E-state index in [1.807, 2.05) is 18.2 Å². The van der Waals surface area contributed by atoms with Crippen molar-refractivity contribution in [3.63, 3.8) is 0 Å². The monoisotopic (exact) mass is 283 g/mol. The van der Waals surface area contributed by atoms with Crippen molar-refractivity contribution in [2.24, 2.45) is 0 Å². The summed E-state index contributed by atoms with van der Waals surface area (Å²) >= 11 is 0. The molecule has 0 atom stereocenters. The summed E-state index contributed by atoms with van der Waals surface area (Å²) in [5.74, 6) is 2.68. The van der Waals surface area contributed by atoms with Crippen molar-refractivity contribution in [1.29, 1.82) is 0 Å². The van der Waals surface area contributed by atoms with Gasteiger partial charge in [-0.2, -0.15) is 0 Å². The maximum absolute atomic E-state index is 5.61. The van der Waals surface area contributed by atoms with Crippen molar-refractivity contribution in [1.82, 2.24) is 0 Å². The molecule has 1 N–H and O–H groups in total. The van der Waals surface area contributed by atoms with Crippen LogP contribution in [0, 0.1) is 0 Å². The van der Waals surface area contributed by atoms with E-state index in [-0.39, 0.29) is 0 Å². The number of hydrogen-bond donors (Lipinski definition) is 1. The number of ether oxygens (including phenoxy) is 3. The van der Waals surface area contributed by atoms with E-state index in [0.717, 1.165) is 42.5 Å². The van der Waals surface area contributed by atoms with Crippen molar-refractivity contribution in [2.75, 3.05) is 25.1 Å². The van der Waals surface area contributed by atoms with Crippen molar-refractivity contribution in [3.05, 3.63) is 47.5 Å². The molecule has 0 aromatic heterocycles. The SMILES string of the molecule is c1cc2c(cc1CNc1ccc3c(c1)CCO3)OCCO2. The summed E-state index contributed by atoms with van der Waals surface area (Å²) in [5, 5.41) is 3.45. The molecule has 108 valence electrons. The molecule has 4 rings (SSSR count). The Labute approximate surface area is 123 Å². The van der Waals surface area contributed by atoms with Gasteiger partial charge in [0.15, 0.2) is 11.5 Å². The zero-order chi connectivity index (χ0) is 14.1. The molecule has 4 heteroatoms. The van der Waals surface area contributed by atoms with E-state index in [2.05, 4.69) is 23.5 Å². The summed E-state index contributed by atoms with van der Waals surface area (Å²) < 4.78 is 16.7. The largest absolute Gasteiger partial charge is 0.493 e. The molecule has 0 amide bonds. The summed E-state index contributed by atoms with van der Waals surface area (Å²) in [4.78, 5) is 0. The molecule has 0 spiro atoms. The van der Waals surface area contributed by atoms with Crippen LogP contribution in [-0.2, 0) is 13.0 Å². The van der Waals surface area contributed by atoms with Crippen molar-refractivity contribution in [2.45, 2.75) is 13.0 Å². The molecule has 2 heterocycles. The number of anilines is 1. The fraction of sp³-hybridized carbons (Fsp3) is 0.294. The third-order valence-corrected chi connectivity index (χ3v) is 3.79. The Balaban J connectivity index is 1.47. The predicted molar refractivity (Wildman–Crippen MR) is 80.4 cm³/mol. The minimum atomic E-state index is 0.620. The van der Waals surface area contributed by atoms with Crippen LogP contribution in [0.5, 0.6) is 17.2 Å². The standard InChI is InChI=1S/C17H17NO3/c1-3-16-17(21-8-7-20-16)9-12(1)11-18-14-2-4-15-13(10-14)5-6-19-15/h1-4,9-10,18H,5-8,11H2. The Hall–Kier alpha value is -2.36. The molecule has 2 aliphatic heterocycles. The molecule has 0 unspecified atom stereocenters. The lowest BCUT2D eigenvalue weighted by Crippen LogP contribution is -2.15. The molecule has 0 radical (unpaired) electrons. The van der Waals surface area contributed by atoms with Gasteiger partial charge in [0.25, 0.3) is 0 Å². The summed E-state index contributed by atoms with van der Waals surface area (Å²) in [7, 11) is 0. The molecule has 0 saturated carbocycles. The van der Waals surface area contributed by atoms with Crippen molar-refractivity contribution < 1.29 is 14.2 Å². The minimum absolute atomic E-state index is 0.620. The smallest absolute Gasteiger partial charge is 0.161 e. The van der Waals surface area contributed by atoms with E-state index in [0.29, 0.717) is 13.2 Å². The van der Waals surface area contributed by atoms with E-state index in [1.54, 1.807) is 0 Å². The van der Waals surface area contributed by atoms with Gasteiger partial charge in [-0.25, -0.2) is 0 Å². The first-order valence-electron chi connectivity index (χ1n) is 7.27. The van der Waals surface area contributed by atoms with E-state index < -0.39 is 0 Å². The highest BCUT2D eigenvalue weighted by Crippen LogP contribution is 2.31. The molecule has 0 aliphatic carbocycles. The van der Waals surface area contributed by atoms with Crippen LogP contribution in [0.25, 0.3) is 0 Å². The molecule has 4 nitrogen and oxygen atoms in total. The average Bonchev–Trinajstić information content (AvgIpc) is 3.00. The highest BCUT2D eigenvalue weighted by molar-refractivity contribution is 5.53. The number of rotatable bonds is 3. The Morgan fingerprint density at radius 2 is 1.62 bits per heavy atom. The first kappa shape index (κ1) is 12.4. The summed E-state index contributed by atoms with van der Waals surface area (Å²) in [6.45, 7) is 2.80. The maximum atomic E-state index is 5.61. The third kappa shape index (κ3) is 2.49. The average molecular weight is 283 g/mol. The highest BCUT2D eigenvalue weighted by atomic mass is 16.6. The zero-order valence-electron chi connectivity index (χ0n) is 11.7. The molecular formula is C17H17NO3. The van der Waals surface area contributed by atoms with Gasteiger partial charge in [-0.1, -0.05) is 6.07 Å². The molecule has 2 aromatic rings. The first-order valence-corrected chi connectivity index (χ1v) is 7.27. The van der Waals surface area contributed by atoms with Crippen molar-refractivity contribution >= 4 is 5.69 Å². The van der Waals surface area contributed by atoms with Gasteiger partial charge < -0.3 is 19.5 Å². The van der Waals surface area contributed by atoms with Gasteiger partial charge in [0.05, 0.1) is 6.61 Å². The van der Waals surface area contributed by atoms with Crippen LogP contribution >= 0.6 is 0 Å². The summed E-state index contributed by atoms with van der Waals surface area (Å²) in [6.07, 6.45) is 0.995. The lowest BCUT2D eigenvalue weighted by Gasteiger charge is -2.19. The van der Waals surface area contributed by atoms with Crippen LogP contribution < -0.4 is 19.5 Å². The maximum Gasteiger partial charge on any atom is 0.161 e. The summed E-state index contributed by atoms with van der Waals surface area (Å²) in [6, 6.07) is 12.3. The Kier molecular flexibility index (Phi) is 3.07. The van der Waals surface area contributed by atoms with Crippen LogP contribution in [0.3, 0.4) is 0 Å². The second-order valence-electron chi connectivity index (χ2n) is 5.25. The number of fused-ring (bicyclic) bond motifs is 2. The van der Waals surface area contributed by atoms with Crippen LogP contribution in [0.1, 0.15) is 11.1 Å². The van der Waals surface area contributed by atoms with E-state index in [9.17, 15) is 0 Å². The molecule has 0 fully saturated rings. The molecule has 0 saturated heterocycles. The topological polar surface area (TPSA) is 39.7 Å². The van der Waals surface area contributed by atoms with Gasteiger partial charge >= 0.3 is 0 Å². The van der Waals surface area contributed by atoms with Gasteiger partial charge in [0.1, 0.15) is 19.0 Å². The molecule has 2 aromatic carbocycles. The summed E-state index contributed by atoms with van der Waals surface area (Å²) in [5.41, 5.74) is 3.58. The normalized spacial score (nSPS) is 15.2. The van der Waals surface area contributed by atoms with Crippen LogP contribution in [-0.4, -0.2) is 19.8 Å². The molecule has 21 heavy (non-hydrogen) atoms. The predicted octanol–water partition coefficient (Wildman–Crippen LogP) is 3.00. The van der Waals surface area contributed by atoms with Gasteiger partial charge in [-0.15, -0.1) is 0 Å². The Morgan fingerprint density at radius 1 is 0.810 bits per heavy atom. The highest BCUT2D eigenvalue weighted by Gasteiger charge is 2.13. The van der Waals surface area contributed by atoms with E-state index in [1.165, 1.54) is 11.1 Å². The number of benzene rings is 2. The van der Waals surface area contributed by atoms with E-state index in [4.69, 9.17) is 14.2 Å². The second kappa shape index (κ2) is 5.20. The quantitative estimate of drug-likeness (QED) is 0.940. The fourth-order valence-corrected chi connectivity index (χ4v) is 2.70. The number of hydrogen-bond acceptors (Lipinski definition) is 4. The van der Waals surface area contributed by atoms with Gasteiger partial charge in [0, 0.05) is 18.7 Å². The van der Waals surface area contributed by atoms with E-state index >= 15 is 0 Å². The molecular weight excluding hydrogens is 266 g/mol. The van der Waals surface area contributed by atoms with Crippen molar-refractivity contribution in [3.8, 4) is 17.2 Å². The second-order valence-corrected chi connectivity index (χ2v) is 5.25. The number of nitrogens with one attached hydrogen (secondary N) is 1. The van der Waals surface area contributed by atoms with Crippen LogP contribution in [0.2, 0.25) is 0 Å². The fourth-order valence-electron chi connectivity index (χ4n) is 2.70. The van der Waals surface area contributed by atoms with Crippen LogP contribution in [0.4, 0.5) is 5.69 Å². The van der Waals surface area contributed by atoms with Gasteiger partial charge in [-0.3, -0.25) is 0 Å². The lowest BCUT2D eigenvalue weighted by atomic mass is 10.1. The molecule has 0 bridgehead atoms. The lowest BCUT2D eigenvalue weighted by molar-refractivity contribution is 0.171. The first-order chi connectivity index (χ1) is 10.4. The Bertz CT molecular complexity index is 669. The third-order valence-electron chi connectivity index (χ3n) is 3.79. The minimum Gasteiger partial charge on any atom is -0.493 e. The van der Waals surface area contributed by atoms with Gasteiger partial charge in [-0.05, 0) is 41.5 Å².